The number of hydrogen-bond donors (Lipinski definition) is 0. The molecular weight excluding hydrogens is 346 g/mol. The lowest BCUT2D eigenvalue weighted by molar-refractivity contribution is 0.627. The summed E-state index contributed by atoms with van der Waals surface area (Å²) in [6.45, 7) is 0. The molecule has 2 aromatic heterocycles. The fraction of sp³-hybridized carbons (Fsp3) is 0. The number of aromatic nitrogens is 2. The number of nitrogens with zero attached hydrogens (tertiary/aromatic N) is 2. The minimum atomic E-state index is -0.283. The van der Waals surface area contributed by atoms with Crippen molar-refractivity contribution in [2.24, 2.45) is 0 Å². The molecule has 0 amide bonds. The van der Waals surface area contributed by atoms with Gasteiger partial charge in [0.05, 0.1) is 11.4 Å². The number of thiazole rings is 2. The van der Waals surface area contributed by atoms with Gasteiger partial charge in [-0.2, -0.15) is 0 Å². The molecular formula is C18H10F2N2S2. The van der Waals surface area contributed by atoms with Gasteiger partial charge in [0.15, 0.2) is 10.0 Å². The Balaban J connectivity index is 1.65. The molecule has 2 nitrogen and oxygen atoms in total. The number of halogens is 2. The van der Waals surface area contributed by atoms with Crippen LogP contribution in [-0.2, 0) is 0 Å². The molecule has 0 atom stereocenters. The molecule has 0 fully saturated rings. The van der Waals surface area contributed by atoms with E-state index in [9.17, 15) is 8.78 Å². The van der Waals surface area contributed by atoms with Crippen molar-refractivity contribution in [1.82, 2.24) is 9.97 Å². The Kier molecular flexibility index (Phi) is 3.92. The normalized spacial score (nSPS) is 10.9. The first-order valence-corrected chi connectivity index (χ1v) is 8.88. The maximum atomic E-state index is 13.3. The number of rotatable bonds is 3. The minimum Gasteiger partial charge on any atom is -0.233 e. The lowest BCUT2D eigenvalue weighted by Crippen LogP contribution is -1.82. The third-order valence-electron chi connectivity index (χ3n) is 3.45. The SMILES string of the molecule is Fc1ccc(-c2csc(-c3nc(-c4cccc(F)c4)cs3)n2)cc1. The van der Waals surface area contributed by atoms with Crippen LogP contribution < -0.4 is 0 Å². The van der Waals surface area contributed by atoms with E-state index >= 15 is 0 Å². The molecule has 4 aromatic rings. The number of hydrogen-bond acceptors (Lipinski definition) is 4. The van der Waals surface area contributed by atoms with Crippen molar-refractivity contribution in [3.63, 3.8) is 0 Å². The highest BCUT2D eigenvalue weighted by molar-refractivity contribution is 7.20. The summed E-state index contributed by atoms with van der Waals surface area (Å²) in [7, 11) is 0. The fourth-order valence-corrected chi connectivity index (χ4v) is 3.99. The van der Waals surface area contributed by atoms with Gasteiger partial charge in [0.1, 0.15) is 11.6 Å². The smallest absolute Gasteiger partial charge is 0.152 e. The standard InChI is InChI=1S/C18H10F2N2S2/c19-13-6-4-11(5-7-13)15-9-23-17(21-15)18-22-16(10-24-18)12-2-1-3-14(20)8-12/h1-10H. The van der Waals surface area contributed by atoms with Crippen LogP contribution in [0.3, 0.4) is 0 Å². The quantitative estimate of drug-likeness (QED) is 0.458. The first-order chi connectivity index (χ1) is 11.7. The van der Waals surface area contributed by atoms with E-state index in [0.29, 0.717) is 0 Å². The molecule has 0 radical (unpaired) electrons. The third kappa shape index (κ3) is 2.98. The van der Waals surface area contributed by atoms with Crippen LogP contribution in [0, 0.1) is 11.6 Å². The van der Waals surface area contributed by atoms with Crippen LogP contribution in [0.15, 0.2) is 59.3 Å². The van der Waals surface area contributed by atoms with Gasteiger partial charge in [-0.3, -0.25) is 0 Å². The molecule has 118 valence electrons. The zero-order valence-corrected chi connectivity index (χ0v) is 13.9. The average Bonchev–Trinajstić information content (AvgIpc) is 3.25. The van der Waals surface area contributed by atoms with Gasteiger partial charge in [-0.25, -0.2) is 18.7 Å². The summed E-state index contributed by atoms with van der Waals surface area (Å²) in [5.74, 6) is -0.552. The molecule has 0 N–H and O–H groups in total. The zero-order chi connectivity index (χ0) is 16.5. The van der Waals surface area contributed by atoms with Crippen LogP contribution >= 0.6 is 22.7 Å². The second-order valence-corrected chi connectivity index (χ2v) is 6.81. The van der Waals surface area contributed by atoms with Gasteiger partial charge >= 0.3 is 0 Å². The summed E-state index contributed by atoms with van der Waals surface area (Å²) in [5, 5.41) is 5.39. The van der Waals surface area contributed by atoms with E-state index in [-0.39, 0.29) is 11.6 Å². The molecule has 0 saturated carbocycles. The average molecular weight is 356 g/mol. The maximum absolute atomic E-state index is 13.3. The Hall–Kier alpha value is -2.44. The molecule has 6 heteroatoms. The summed E-state index contributed by atoms with van der Waals surface area (Å²) in [6, 6.07) is 12.6. The van der Waals surface area contributed by atoms with Crippen molar-refractivity contribution in [2.75, 3.05) is 0 Å². The minimum absolute atomic E-state index is 0.270. The van der Waals surface area contributed by atoms with Gasteiger partial charge in [0, 0.05) is 21.9 Å². The highest BCUT2D eigenvalue weighted by Crippen LogP contribution is 2.33. The molecule has 0 aliphatic rings. The Morgan fingerprint density at radius 2 is 1.29 bits per heavy atom. The predicted octanol–water partition coefficient (Wildman–Crippen LogP) is 5.88. The van der Waals surface area contributed by atoms with Crippen molar-refractivity contribution in [1.29, 1.82) is 0 Å². The highest BCUT2D eigenvalue weighted by Gasteiger charge is 2.12. The van der Waals surface area contributed by atoms with Crippen LogP contribution in [0.1, 0.15) is 0 Å². The first kappa shape index (κ1) is 15.1. The molecule has 2 aromatic carbocycles. The third-order valence-corrected chi connectivity index (χ3v) is 5.28. The Labute approximate surface area is 145 Å². The second-order valence-electron chi connectivity index (χ2n) is 5.09. The van der Waals surface area contributed by atoms with E-state index in [4.69, 9.17) is 0 Å². The summed E-state index contributed by atoms with van der Waals surface area (Å²) in [4.78, 5) is 9.13. The summed E-state index contributed by atoms with van der Waals surface area (Å²) < 4.78 is 26.4. The van der Waals surface area contributed by atoms with Gasteiger partial charge in [-0.1, -0.05) is 12.1 Å². The summed E-state index contributed by atoms with van der Waals surface area (Å²) in [5.41, 5.74) is 3.12. The van der Waals surface area contributed by atoms with Gasteiger partial charge in [0.2, 0.25) is 0 Å². The molecule has 0 saturated heterocycles. The van der Waals surface area contributed by atoms with Crippen molar-refractivity contribution in [3.8, 4) is 32.5 Å². The topological polar surface area (TPSA) is 25.8 Å². The molecule has 0 unspecified atom stereocenters. The lowest BCUT2D eigenvalue weighted by atomic mass is 10.2. The van der Waals surface area contributed by atoms with Gasteiger partial charge < -0.3 is 0 Å². The zero-order valence-electron chi connectivity index (χ0n) is 12.2. The van der Waals surface area contributed by atoms with Crippen LogP contribution in [-0.4, -0.2) is 9.97 Å². The largest absolute Gasteiger partial charge is 0.233 e. The highest BCUT2D eigenvalue weighted by atomic mass is 32.1. The van der Waals surface area contributed by atoms with E-state index in [2.05, 4.69) is 9.97 Å². The molecule has 0 bridgehead atoms. The van der Waals surface area contributed by atoms with Gasteiger partial charge in [0.25, 0.3) is 0 Å². The molecule has 0 aliphatic heterocycles. The Morgan fingerprint density at radius 3 is 1.92 bits per heavy atom. The molecule has 2 heterocycles. The van der Waals surface area contributed by atoms with E-state index in [1.165, 1.54) is 46.9 Å². The van der Waals surface area contributed by atoms with Crippen LogP contribution in [0.5, 0.6) is 0 Å². The Bertz CT molecular complexity index is 990. The first-order valence-electron chi connectivity index (χ1n) is 7.12. The molecule has 4 rings (SSSR count). The number of benzene rings is 2. The van der Waals surface area contributed by atoms with E-state index in [0.717, 1.165) is 32.5 Å². The maximum Gasteiger partial charge on any atom is 0.152 e. The van der Waals surface area contributed by atoms with Crippen LogP contribution in [0.2, 0.25) is 0 Å². The van der Waals surface area contributed by atoms with Crippen molar-refractivity contribution in [2.45, 2.75) is 0 Å². The van der Waals surface area contributed by atoms with Crippen LogP contribution in [0.4, 0.5) is 8.78 Å². The second kappa shape index (κ2) is 6.22. The fourth-order valence-electron chi connectivity index (χ4n) is 2.28. The van der Waals surface area contributed by atoms with Gasteiger partial charge in [-0.05, 0) is 36.4 Å². The lowest BCUT2D eigenvalue weighted by Gasteiger charge is -1.96. The monoisotopic (exact) mass is 356 g/mol. The Morgan fingerprint density at radius 1 is 0.667 bits per heavy atom. The van der Waals surface area contributed by atoms with Crippen molar-refractivity contribution < 1.29 is 8.78 Å². The summed E-state index contributed by atoms with van der Waals surface area (Å²) in [6.07, 6.45) is 0. The molecule has 24 heavy (non-hydrogen) atoms. The van der Waals surface area contributed by atoms with E-state index in [1.807, 2.05) is 16.8 Å². The summed E-state index contributed by atoms with van der Waals surface area (Å²) >= 11 is 2.95. The van der Waals surface area contributed by atoms with Crippen molar-refractivity contribution in [3.05, 3.63) is 70.9 Å². The predicted molar refractivity (Wildman–Crippen MR) is 94.0 cm³/mol. The van der Waals surface area contributed by atoms with E-state index < -0.39 is 0 Å². The van der Waals surface area contributed by atoms with Crippen LogP contribution in [0.25, 0.3) is 32.5 Å². The molecule has 0 aliphatic carbocycles. The van der Waals surface area contributed by atoms with Crippen molar-refractivity contribution >= 4 is 22.7 Å². The van der Waals surface area contributed by atoms with E-state index in [1.54, 1.807) is 18.2 Å². The van der Waals surface area contributed by atoms with Gasteiger partial charge in [-0.15, -0.1) is 22.7 Å². The molecule has 0 spiro atoms.